The summed E-state index contributed by atoms with van der Waals surface area (Å²) < 4.78 is 43.6. The number of sulfone groups is 1. The molecule has 160 valence electrons. The minimum Gasteiger partial charge on any atom is -0.459 e. The quantitative estimate of drug-likeness (QED) is 0.472. The lowest BCUT2D eigenvalue weighted by Gasteiger charge is -2.26. The standard InChI is InChI=1S/C20H22BrN3O5S/c21-15-4-6-16(7-5-15)30(25,26)20-19(29-18(23-20)17-3-1-12-28-17)22-8-2-9-24-10-13-27-14-11-24/h1,3-7,12,22H,2,8-11,13-14H2. The number of aromatic nitrogens is 1. The fourth-order valence-electron chi connectivity index (χ4n) is 3.16. The van der Waals surface area contributed by atoms with Crippen LogP contribution >= 0.6 is 15.9 Å². The molecular formula is C20H22BrN3O5S. The summed E-state index contributed by atoms with van der Waals surface area (Å²) in [6.07, 6.45) is 2.31. The molecule has 1 aromatic carbocycles. The van der Waals surface area contributed by atoms with Crippen molar-refractivity contribution in [3.63, 3.8) is 0 Å². The molecule has 8 nitrogen and oxygen atoms in total. The monoisotopic (exact) mass is 495 g/mol. The topological polar surface area (TPSA) is 97.8 Å². The van der Waals surface area contributed by atoms with Crippen molar-refractivity contribution in [2.24, 2.45) is 0 Å². The van der Waals surface area contributed by atoms with Crippen LogP contribution < -0.4 is 5.32 Å². The van der Waals surface area contributed by atoms with Crippen LogP contribution in [-0.2, 0) is 14.6 Å². The van der Waals surface area contributed by atoms with Crippen LogP contribution in [0.3, 0.4) is 0 Å². The summed E-state index contributed by atoms with van der Waals surface area (Å²) >= 11 is 3.32. The van der Waals surface area contributed by atoms with Crippen LogP contribution in [0.2, 0.25) is 0 Å². The van der Waals surface area contributed by atoms with Gasteiger partial charge in [0.05, 0.1) is 24.4 Å². The SMILES string of the molecule is O=S(=O)(c1ccc(Br)cc1)c1nc(-c2ccco2)oc1NCCCN1CCOCC1. The van der Waals surface area contributed by atoms with E-state index in [0.29, 0.717) is 12.3 Å². The highest BCUT2D eigenvalue weighted by Crippen LogP contribution is 2.32. The number of hydrogen-bond donors (Lipinski definition) is 1. The lowest BCUT2D eigenvalue weighted by molar-refractivity contribution is 0.0378. The van der Waals surface area contributed by atoms with E-state index in [1.807, 2.05) is 0 Å². The van der Waals surface area contributed by atoms with Crippen molar-refractivity contribution in [3.8, 4) is 11.7 Å². The van der Waals surface area contributed by atoms with Crippen LogP contribution in [0.25, 0.3) is 11.7 Å². The van der Waals surface area contributed by atoms with Crippen LogP contribution in [0, 0.1) is 0 Å². The average molecular weight is 496 g/mol. The van der Waals surface area contributed by atoms with E-state index in [9.17, 15) is 8.42 Å². The van der Waals surface area contributed by atoms with Gasteiger partial charge in [0.2, 0.25) is 20.7 Å². The predicted octanol–water partition coefficient (Wildman–Crippen LogP) is 3.66. The third kappa shape index (κ3) is 4.77. The second kappa shape index (κ2) is 9.34. The predicted molar refractivity (Wildman–Crippen MR) is 114 cm³/mol. The minimum absolute atomic E-state index is 0.117. The molecule has 1 N–H and O–H groups in total. The first kappa shape index (κ1) is 21.1. The molecule has 0 atom stereocenters. The van der Waals surface area contributed by atoms with Crippen molar-refractivity contribution in [2.45, 2.75) is 16.3 Å². The number of halogens is 1. The number of anilines is 1. The number of ether oxygens (including phenoxy) is 1. The van der Waals surface area contributed by atoms with Crippen molar-refractivity contribution in [1.29, 1.82) is 0 Å². The maximum atomic E-state index is 13.2. The highest BCUT2D eigenvalue weighted by Gasteiger charge is 2.29. The van der Waals surface area contributed by atoms with Crippen molar-refractivity contribution >= 4 is 31.7 Å². The fraction of sp³-hybridized carbons (Fsp3) is 0.350. The van der Waals surface area contributed by atoms with Gasteiger partial charge in [-0.3, -0.25) is 4.90 Å². The second-order valence-electron chi connectivity index (χ2n) is 6.82. The number of oxazole rings is 1. The molecule has 0 aliphatic carbocycles. The summed E-state index contributed by atoms with van der Waals surface area (Å²) in [4.78, 5) is 6.70. The Bertz CT molecular complexity index is 1060. The lowest BCUT2D eigenvalue weighted by atomic mass is 10.3. The molecule has 3 aromatic rings. The first-order valence-electron chi connectivity index (χ1n) is 9.63. The van der Waals surface area contributed by atoms with Gasteiger partial charge < -0.3 is 18.9 Å². The van der Waals surface area contributed by atoms with Crippen molar-refractivity contribution < 1.29 is 22.0 Å². The average Bonchev–Trinajstić information content (AvgIpc) is 3.42. The first-order valence-corrected chi connectivity index (χ1v) is 11.9. The highest BCUT2D eigenvalue weighted by molar-refractivity contribution is 9.10. The van der Waals surface area contributed by atoms with Gasteiger partial charge in [-0.1, -0.05) is 15.9 Å². The Labute approximate surface area is 183 Å². The van der Waals surface area contributed by atoms with Crippen molar-refractivity contribution in [3.05, 3.63) is 47.1 Å². The van der Waals surface area contributed by atoms with E-state index in [1.54, 1.807) is 24.3 Å². The van der Waals surface area contributed by atoms with Gasteiger partial charge in [0, 0.05) is 24.1 Å². The Balaban J connectivity index is 1.54. The normalized spacial score (nSPS) is 15.4. The number of benzene rings is 1. The maximum Gasteiger partial charge on any atom is 0.266 e. The molecule has 3 heterocycles. The Morgan fingerprint density at radius 3 is 2.60 bits per heavy atom. The van der Waals surface area contributed by atoms with Crippen LogP contribution in [0.15, 0.2) is 65.9 Å². The van der Waals surface area contributed by atoms with E-state index in [0.717, 1.165) is 43.7 Å². The first-order chi connectivity index (χ1) is 14.5. The smallest absolute Gasteiger partial charge is 0.266 e. The van der Waals surface area contributed by atoms with Gasteiger partial charge in [0.25, 0.3) is 5.89 Å². The molecule has 0 bridgehead atoms. The van der Waals surface area contributed by atoms with E-state index in [2.05, 4.69) is 31.1 Å². The summed E-state index contributed by atoms with van der Waals surface area (Å²) in [6, 6.07) is 9.78. The number of morpholine rings is 1. The highest BCUT2D eigenvalue weighted by atomic mass is 79.9. The van der Waals surface area contributed by atoms with Gasteiger partial charge >= 0.3 is 0 Å². The van der Waals surface area contributed by atoms with Crippen molar-refractivity contribution in [1.82, 2.24) is 9.88 Å². The molecule has 1 fully saturated rings. The molecule has 0 unspecified atom stereocenters. The van der Waals surface area contributed by atoms with Crippen LogP contribution in [0.4, 0.5) is 5.88 Å². The zero-order valence-electron chi connectivity index (χ0n) is 16.2. The molecule has 4 rings (SSSR count). The molecule has 1 aliphatic heterocycles. The molecule has 30 heavy (non-hydrogen) atoms. The van der Waals surface area contributed by atoms with Crippen LogP contribution in [-0.4, -0.2) is 57.7 Å². The Hall–Kier alpha value is -2.14. The summed E-state index contributed by atoms with van der Waals surface area (Å²) in [5.74, 6) is 0.598. The number of nitrogens with one attached hydrogen (secondary N) is 1. The number of rotatable bonds is 8. The zero-order valence-corrected chi connectivity index (χ0v) is 18.6. The number of furan rings is 1. The second-order valence-corrected chi connectivity index (χ2v) is 9.60. The van der Waals surface area contributed by atoms with Gasteiger partial charge in [-0.25, -0.2) is 8.42 Å². The van der Waals surface area contributed by atoms with Gasteiger partial charge in [0.1, 0.15) is 0 Å². The lowest BCUT2D eigenvalue weighted by Crippen LogP contribution is -2.37. The van der Waals surface area contributed by atoms with E-state index >= 15 is 0 Å². The van der Waals surface area contributed by atoms with Gasteiger partial charge in [-0.15, -0.1) is 0 Å². The minimum atomic E-state index is -3.87. The Morgan fingerprint density at radius 1 is 1.13 bits per heavy atom. The third-order valence-corrected chi connectivity index (χ3v) is 6.95. The largest absolute Gasteiger partial charge is 0.459 e. The molecule has 0 amide bonds. The van der Waals surface area contributed by atoms with Gasteiger partial charge in [0.15, 0.2) is 5.76 Å². The zero-order chi connectivity index (χ0) is 21.0. The molecule has 1 aliphatic rings. The van der Waals surface area contributed by atoms with E-state index < -0.39 is 9.84 Å². The Morgan fingerprint density at radius 2 is 1.90 bits per heavy atom. The number of nitrogens with zero attached hydrogens (tertiary/aromatic N) is 2. The molecule has 10 heteroatoms. The van der Waals surface area contributed by atoms with Crippen LogP contribution in [0.5, 0.6) is 0 Å². The molecule has 2 aromatic heterocycles. The molecule has 1 saturated heterocycles. The van der Waals surface area contributed by atoms with Crippen molar-refractivity contribution in [2.75, 3.05) is 44.7 Å². The maximum absolute atomic E-state index is 13.2. The molecule has 0 radical (unpaired) electrons. The van der Waals surface area contributed by atoms with Gasteiger partial charge in [-0.2, -0.15) is 4.98 Å². The van der Waals surface area contributed by atoms with E-state index in [-0.39, 0.29) is 21.7 Å². The third-order valence-electron chi connectivity index (χ3n) is 4.75. The molecule has 0 saturated carbocycles. The van der Waals surface area contributed by atoms with E-state index in [1.165, 1.54) is 18.4 Å². The summed E-state index contributed by atoms with van der Waals surface area (Å²) in [6.45, 7) is 4.76. The Kier molecular flexibility index (Phi) is 6.57. The van der Waals surface area contributed by atoms with E-state index in [4.69, 9.17) is 13.6 Å². The molecular weight excluding hydrogens is 474 g/mol. The van der Waals surface area contributed by atoms with Crippen LogP contribution in [0.1, 0.15) is 6.42 Å². The molecule has 0 spiro atoms. The number of hydrogen-bond acceptors (Lipinski definition) is 8. The summed E-state index contributed by atoms with van der Waals surface area (Å²) in [7, 11) is -3.87. The fourth-order valence-corrected chi connectivity index (χ4v) is 4.70. The van der Waals surface area contributed by atoms with Gasteiger partial charge in [-0.05, 0) is 49.4 Å². The summed E-state index contributed by atoms with van der Waals surface area (Å²) in [5, 5.41) is 2.95. The summed E-state index contributed by atoms with van der Waals surface area (Å²) in [5.41, 5.74) is 0.